The van der Waals surface area contributed by atoms with E-state index in [4.69, 9.17) is 5.73 Å². The van der Waals surface area contributed by atoms with Gasteiger partial charge in [0.15, 0.2) is 5.25 Å². The molecule has 0 radical (unpaired) electrons. The summed E-state index contributed by atoms with van der Waals surface area (Å²) in [6.07, 6.45) is 0. The van der Waals surface area contributed by atoms with Crippen LogP contribution in [0.3, 0.4) is 0 Å². The first-order valence-corrected chi connectivity index (χ1v) is 9.24. The van der Waals surface area contributed by atoms with Crippen LogP contribution in [-0.2, 0) is 14.8 Å². The van der Waals surface area contributed by atoms with E-state index >= 15 is 0 Å². The Morgan fingerprint density at radius 3 is 2.43 bits per heavy atom. The van der Waals surface area contributed by atoms with Gasteiger partial charge in [-0.1, -0.05) is 30.3 Å². The van der Waals surface area contributed by atoms with Crippen LogP contribution in [0, 0.1) is 5.92 Å². The number of nitrogens with zero attached hydrogens (tertiary/aromatic N) is 2. The zero-order valence-corrected chi connectivity index (χ0v) is 14.7. The third-order valence-electron chi connectivity index (χ3n) is 4.53. The van der Waals surface area contributed by atoms with Crippen LogP contribution in [0.25, 0.3) is 0 Å². The van der Waals surface area contributed by atoms with Gasteiger partial charge in [0.2, 0.25) is 15.9 Å². The van der Waals surface area contributed by atoms with Gasteiger partial charge >= 0.3 is 0 Å². The smallest absolute Gasteiger partial charge is 0.241 e. The molecule has 6 nitrogen and oxygen atoms in total. The van der Waals surface area contributed by atoms with E-state index in [1.54, 1.807) is 14.1 Å². The molecule has 1 aliphatic heterocycles. The summed E-state index contributed by atoms with van der Waals surface area (Å²) in [5.41, 5.74) is 6.94. The molecule has 2 N–H and O–H groups in total. The second-order valence-corrected chi connectivity index (χ2v) is 8.50. The molecule has 1 amide bonds. The van der Waals surface area contributed by atoms with Crippen molar-refractivity contribution in [2.24, 2.45) is 11.7 Å². The number of sulfonamides is 1. The van der Waals surface area contributed by atoms with Gasteiger partial charge in [-0.2, -0.15) is 0 Å². The van der Waals surface area contributed by atoms with Gasteiger partial charge in [-0.25, -0.2) is 12.7 Å². The highest BCUT2D eigenvalue weighted by Crippen LogP contribution is 2.34. The molecule has 0 bridgehead atoms. The Morgan fingerprint density at radius 2 is 1.91 bits per heavy atom. The van der Waals surface area contributed by atoms with Crippen LogP contribution < -0.4 is 5.73 Å². The Hall–Kier alpha value is -1.44. The van der Waals surface area contributed by atoms with Crippen molar-refractivity contribution in [2.45, 2.75) is 18.1 Å². The highest BCUT2D eigenvalue weighted by atomic mass is 32.2. The number of hydrogen-bond donors (Lipinski definition) is 1. The minimum absolute atomic E-state index is 0.0637. The standard InChI is InChI=1S/C16H25N3O3S/c1-12(16(20)18(2)3)23(21,22)19-10-14(9-17)15(11-19)13-7-5-4-6-8-13/h4-8,12,14-15H,9-11,17H2,1-3H3/t12?,14-,15+/m1/s1. The summed E-state index contributed by atoms with van der Waals surface area (Å²) in [6, 6.07) is 9.81. The van der Waals surface area contributed by atoms with Crippen molar-refractivity contribution >= 4 is 15.9 Å². The number of hydrogen-bond acceptors (Lipinski definition) is 4. The first-order chi connectivity index (χ1) is 10.8. The summed E-state index contributed by atoms with van der Waals surface area (Å²) in [4.78, 5) is 13.4. The average Bonchev–Trinajstić information content (AvgIpc) is 2.99. The quantitative estimate of drug-likeness (QED) is 0.845. The first-order valence-electron chi connectivity index (χ1n) is 7.74. The summed E-state index contributed by atoms with van der Waals surface area (Å²) in [7, 11) is -0.554. The van der Waals surface area contributed by atoms with E-state index in [1.165, 1.54) is 16.1 Å². The molecule has 23 heavy (non-hydrogen) atoms. The second-order valence-electron chi connectivity index (χ2n) is 6.25. The topological polar surface area (TPSA) is 83.7 Å². The Kier molecular flexibility index (Phi) is 5.44. The summed E-state index contributed by atoms with van der Waals surface area (Å²) in [5.74, 6) is -0.274. The lowest BCUT2D eigenvalue weighted by atomic mass is 9.89. The summed E-state index contributed by atoms with van der Waals surface area (Å²) >= 11 is 0. The summed E-state index contributed by atoms with van der Waals surface area (Å²) < 4.78 is 26.9. The molecular weight excluding hydrogens is 314 g/mol. The van der Waals surface area contributed by atoms with Gasteiger partial charge < -0.3 is 10.6 Å². The lowest BCUT2D eigenvalue weighted by molar-refractivity contribution is -0.128. The summed E-state index contributed by atoms with van der Waals surface area (Å²) in [6.45, 7) is 2.61. The highest BCUT2D eigenvalue weighted by Gasteiger charge is 2.42. The van der Waals surface area contributed by atoms with Crippen molar-refractivity contribution in [1.82, 2.24) is 9.21 Å². The van der Waals surface area contributed by atoms with Gasteiger partial charge in [0, 0.05) is 33.1 Å². The predicted molar refractivity (Wildman–Crippen MR) is 90.4 cm³/mol. The highest BCUT2D eigenvalue weighted by molar-refractivity contribution is 7.90. The fourth-order valence-corrected chi connectivity index (χ4v) is 4.75. The molecule has 1 saturated heterocycles. The molecule has 0 spiro atoms. The van der Waals surface area contributed by atoms with E-state index in [0.717, 1.165) is 5.56 Å². The van der Waals surface area contributed by atoms with Crippen LogP contribution in [0.2, 0.25) is 0 Å². The van der Waals surface area contributed by atoms with Crippen LogP contribution in [-0.4, -0.2) is 62.5 Å². The summed E-state index contributed by atoms with van der Waals surface area (Å²) in [5, 5.41) is -1.08. The zero-order valence-electron chi connectivity index (χ0n) is 13.8. The second kappa shape index (κ2) is 6.98. The van der Waals surface area contributed by atoms with Crippen molar-refractivity contribution < 1.29 is 13.2 Å². The van der Waals surface area contributed by atoms with Gasteiger partial charge in [0.25, 0.3) is 0 Å². The monoisotopic (exact) mass is 339 g/mol. The largest absolute Gasteiger partial charge is 0.348 e. The average molecular weight is 339 g/mol. The maximum atomic E-state index is 12.8. The van der Waals surface area contributed by atoms with E-state index in [-0.39, 0.29) is 11.8 Å². The molecule has 0 saturated carbocycles. The van der Waals surface area contributed by atoms with Crippen LogP contribution in [0.15, 0.2) is 30.3 Å². The van der Waals surface area contributed by atoms with E-state index in [1.807, 2.05) is 30.3 Å². The number of carbonyl (C=O) groups excluding carboxylic acids is 1. The van der Waals surface area contributed by atoms with Crippen LogP contribution in [0.4, 0.5) is 0 Å². The Balaban J connectivity index is 2.23. The van der Waals surface area contributed by atoms with Gasteiger partial charge in [-0.3, -0.25) is 4.79 Å². The fraction of sp³-hybridized carbons (Fsp3) is 0.562. The van der Waals surface area contributed by atoms with E-state index < -0.39 is 21.2 Å². The molecule has 128 valence electrons. The molecule has 1 fully saturated rings. The van der Waals surface area contributed by atoms with Crippen LogP contribution in [0.1, 0.15) is 18.4 Å². The van der Waals surface area contributed by atoms with Crippen LogP contribution in [0.5, 0.6) is 0 Å². The lowest BCUT2D eigenvalue weighted by Crippen LogP contribution is -2.44. The van der Waals surface area contributed by atoms with Crippen molar-refractivity contribution in [3.8, 4) is 0 Å². The van der Waals surface area contributed by atoms with Gasteiger partial charge in [0.05, 0.1) is 0 Å². The van der Waals surface area contributed by atoms with Crippen molar-refractivity contribution in [2.75, 3.05) is 33.7 Å². The van der Waals surface area contributed by atoms with Crippen molar-refractivity contribution in [3.63, 3.8) is 0 Å². The normalized spacial score (nSPS) is 23.7. The Morgan fingerprint density at radius 1 is 1.30 bits per heavy atom. The third-order valence-corrected chi connectivity index (χ3v) is 6.65. The Labute approximate surface area is 138 Å². The van der Waals surface area contributed by atoms with Crippen molar-refractivity contribution in [1.29, 1.82) is 0 Å². The van der Waals surface area contributed by atoms with Gasteiger partial charge in [-0.15, -0.1) is 0 Å². The minimum Gasteiger partial charge on any atom is -0.348 e. The van der Waals surface area contributed by atoms with Crippen molar-refractivity contribution in [3.05, 3.63) is 35.9 Å². The Bertz CT molecular complexity index is 646. The number of rotatable bonds is 5. The molecule has 7 heteroatoms. The molecule has 1 heterocycles. The number of benzene rings is 1. The van der Waals surface area contributed by atoms with E-state index in [2.05, 4.69) is 0 Å². The first kappa shape index (κ1) is 17.9. The molecular formula is C16H25N3O3S. The molecule has 3 atom stereocenters. The fourth-order valence-electron chi connectivity index (χ4n) is 3.07. The number of amides is 1. The number of nitrogens with two attached hydrogens (primary N) is 1. The third kappa shape index (κ3) is 3.57. The number of carbonyl (C=O) groups is 1. The minimum atomic E-state index is -3.68. The van der Waals surface area contributed by atoms with Gasteiger partial charge in [0.1, 0.15) is 0 Å². The zero-order chi connectivity index (χ0) is 17.2. The molecule has 0 aliphatic carbocycles. The molecule has 0 aromatic heterocycles. The SMILES string of the molecule is CC(C(=O)N(C)C)S(=O)(=O)N1C[C@@H](CN)[C@H](c2ccccc2)C1. The lowest BCUT2D eigenvalue weighted by Gasteiger charge is -2.23. The maximum absolute atomic E-state index is 12.8. The molecule has 1 aliphatic rings. The maximum Gasteiger partial charge on any atom is 0.241 e. The molecule has 1 aromatic rings. The molecule has 1 aromatic carbocycles. The van der Waals surface area contributed by atoms with E-state index in [9.17, 15) is 13.2 Å². The predicted octanol–water partition coefficient (Wildman–Crippen LogP) is 0.467. The molecule has 2 rings (SSSR count). The van der Waals surface area contributed by atoms with Crippen LogP contribution >= 0.6 is 0 Å². The van der Waals surface area contributed by atoms with Gasteiger partial charge in [-0.05, 0) is 24.9 Å². The molecule has 1 unspecified atom stereocenters. The van der Waals surface area contributed by atoms with E-state index in [0.29, 0.717) is 19.6 Å².